The van der Waals surface area contributed by atoms with Gasteiger partial charge in [-0.05, 0) is 92.8 Å². The van der Waals surface area contributed by atoms with E-state index in [-0.39, 0.29) is 35.4 Å². The summed E-state index contributed by atoms with van der Waals surface area (Å²) in [6.45, 7) is 11.3. The van der Waals surface area contributed by atoms with Crippen molar-refractivity contribution in [2.24, 2.45) is 10.7 Å². The highest BCUT2D eigenvalue weighted by Crippen LogP contribution is 2.43. The van der Waals surface area contributed by atoms with E-state index in [1.807, 2.05) is 130 Å². The fourth-order valence-electron chi connectivity index (χ4n) is 9.12. The Morgan fingerprint density at radius 1 is 0.812 bits per heavy atom. The number of carbonyl (C=O) groups excluding carboxylic acids is 2. The third-order valence-corrected chi connectivity index (χ3v) is 14.0. The molecular formula is C51H61N7O5S. The minimum Gasteiger partial charge on any atom is -0.487 e. The van der Waals surface area contributed by atoms with Crippen LogP contribution < -0.4 is 25.8 Å². The van der Waals surface area contributed by atoms with Gasteiger partial charge in [0.1, 0.15) is 11.4 Å². The van der Waals surface area contributed by atoms with Crippen molar-refractivity contribution in [2.45, 2.75) is 109 Å². The Kier molecular flexibility index (Phi) is 14.4. The average Bonchev–Trinajstić information content (AvgIpc) is 3.62. The van der Waals surface area contributed by atoms with Crippen molar-refractivity contribution in [1.29, 1.82) is 0 Å². The summed E-state index contributed by atoms with van der Waals surface area (Å²) in [7, 11) is -4.09. The van der Waals surface area contributed by atoms with Gasteiger partial charge in [0.25, 0.3) is 10.0 Å². The van der Waals surface area contributed by atoms with Crippen molar-refractivity contribution in [3.8, 4) is 5.75 Å². The highest BCUT2D eigenvalue weighted by molar-refractivity contribution is 7.90. The molecule has 64 heavy (non-hydrogen) atoms. The third kappa shape index (κ3) is 11.1. The molecule has 1 saturated heterocycles. The van der Waals surface area contributed by atoms with Crippen molar-refractivity contribution in [2.75, 3.05) is 13.1 Å². The van der Waals surface area contributed by atoms with Crippen molar-refractivity contribution < 1.29 is 22.7 Å². The minimum absolute atomic E-state index is 0.0224. The summed E-state index contributed by atoms with van der Waals surface area (Å²) < 4.78 is 36.6. The molecule has 1 fully saturated rings. The van der Waals surface area contributed by atoms with Gasteiger partial charge in [0, 0.05) is 50.7 Å². The van der Waals surface area contributed by atoms with Crippen LogP contribution in [0.3, 0.4) is 0 Å². The Balaban J connectivity index is 1.16. The summed E-state index contributed by atoms with van der Waals surface area (Å²) in [5.74, 6) is 0.504. The maximum absolute atomic E-state index is 14.8. The summed E-state index contributed by atoms with van der Waals surface area (Å²) in [4.78, 5) is 37.5. The Hall–Kier alpha value is -6.18. The Labute approximate surface area is 378 Å². The lowest BCUT2D eigenvalue weighted by molar-refractivity contribution is -0.148. The number of carbonyl (C=O) groups is 2. The zero-order valence-electron chi connectivity index (χ0n) is 37.5. The molecule has 7 rings (SSSR count). The summed E-state index contributed by atoms with van der Waals surface area (Å²) in [5, 5.41) is 6.41. The van der Waals surface area contributed by atoms with E-state index in [2.05, 4.69) is 49.5 Å². The normalized spacial score (nSPS) is 17.9. The molecule has 2 aliphatic rings. The number of ether oxygens (including phenoxy) is 1. The molecule has 0 bridgehead atoms. The standard InChI is InChI=1S/C51H61N7O5S/c1-35-36(2)47(37(3)42-30-51(4,5)63-46(35)42)64(61,62)56-49(52)53-28-18-27-44-48(59)57(32-40-23-14-8-15-24-40)34-45(58(44)33-41-25-16-9-17-26-41)43(29-38-19-10-6-11-20-38)55-50(60)54-31-39-21-12-7-13-22-39/h6-17,19-26,43-45H,18,27-34H2,1-5H3,(H3,52,53,56)(H2,54,55,60)/t43-,44-,45-/m0/s1. The molecule has 5 aromatic rings. The van der Waals surface area contributed by atoms with Crippen LogP contribution in [0.4, 0.5) is 4.79 Å². The van der Waals surface area contributed by atoms with Gasteiger partial charge in [-0.25, -0.2) is 17.9 Å². The fourth-order valence-corrected chi connectivity index (χ4v) is 10.6. The highest BCUT2D eigenvalue weighted by Gasteiger charge is 2.44. The summed E-state index contributed by atoms with van der Waals surface area (Å²) >= 11 is 0. The quantitative estimate of drug-likeness (QED) is 0.0468. The van der Waals surface area contributed by atoms with Crippen molar-refractivity contribution in [3.63, 3.8) is 0 Å². The fraction of sp³-hybridized carbons (Fsp3) is 0.353. The van der Waals surface area contributed by atoms with E-state index >= 15 is 0 Å². The van der Waals surface area contributed by atoms with Crippen molar-refractivity contribution >= 4 is 27.9 Å². The van der Waals surface area contributed by atoms with E-state index in [1.165, 1.54) is 0 Å². The van der Waals surface area contributed by atoms with Gasteiger partial charge >= 0.3 is 6.03 Å². The Bertz CT molecular complexity index is 2540. The van der Waals surface area contributed by atoms with Gasteiger partial charge in [-0.3, -0.25) is 14.7 Å². The predicted molar refractivity (Wildman–Crippen MR) is 252 cm³/mol. The summed E-state index contributed by atoms with van der Waals surface area (Å²) in [6.07, 6.45) is 1.97. The molecule has 2 aliphatic heterocycles. The van der Waals surface area contributed by atoms with Gasteiger partial charge in [-0.2, -0.15) is 0 Å². The molecular weight excluding hydrogens is 823 g/mol. The first-order chi connectivity index (χ1) is 30.7. The third-order valence-electron chi connectivity index (χ3n) is 12.3. The van der Waals surface area contributed by atoms with E-state index in [0.717, 1.165) is 39.1 Å². The number of nitrogens with two attached hydrogens (primary N) is 1. The maximum atomic E-state index is 14.8. The van der Waals surface area contributed by atoms with Gasteiger partial charge in [0.15, 0.2) is 0 Å². The molecule has 0 unspecified atom stereocenters. The average molecular weight is 884 g/mol. The largest absolute Gasteiger partial charge is 0.487 e. The van der Waals surface area contributed by atoms with E-state index in [9.17, 15) is 18.0 Å². The van der Waals surface area contributed by atoms with Gasteiger partial charge < -0.3 is 26.0 Å². The molecule has 0 spiro atoms. The molecule has 0 aromatic heterocycles. The van der Waals surface area contributed by atoms with Crippen LogP contribution >= 0.6 is 0 Å². The molecule has 2 heterocycles. The number of guanidine groups is 1. The predicted octanol–water partition coefficient (Wildman–Crippen LogP) is 7.09. The number of fused-ring (bicyclic) bond motifs is 1. The van der Waals surface area contributed by atoms with E-state index in [4.69, 9.17) is 10.5 Å². The van der Waals surface area contributed by atoms with E-state index in [1.54, 1.807) is 6.92 Å². The first-order valence-corrected chi connectivity index (χ1v) is 23.6. The van der Waals surface area contributed by atoms with E-state index in [0.29, 0.717) is 63.0 Å². The number of sulfonamides is 1. The molecule has 13 heteroatoms. The number of benzene rings is 5. The second-order valence-electron chi connectivity index (χ2n) is 17.6. The lowest BCUT2D eigenvalue weighted by Crippen LogP contribution is -2.67. The number of hydrogen-bond acceptors (Lipinski definition) is 7. The highest BCUT2D eigenvalue weighted by atomic mass is 32.2. The molecule has 3 atom stereocenters. The van der Waals surface area contributed by atoms with Crippen LogP contribution in [0.15, 0.2) is 131 Å². The number of aliphatic imine (C=N–C) groups is 1. The molecule has 0 aliphatic carbocycles. The molecule has 336 valence electrons. The molecule has 3 amide bonds. The first kappa shape index (κ1) is 45.8. The zero-order chi connectivity index (χ0) is 45.4. The SMILES string of the molecule is Cc1c(C)c(S(=O)(=O)NC(N)=NCCC[C@H]2C(=O)N(Cc3ccccc3)C[C@@H]([C@H](Cc3ccccc3)NC(=O)NCc3ccccc3)N2Cc2ccccc2)c(C)c2c1OC(C)(C)C2. The number of nitrogens with one attached hydrogen (secondary N) is 3. The Morgan fingerprint density at radius 2 is 1.38 bits per heavy atom. The van der Waals surface area contributed by atoms with Gasteiger partial charge in [0.2, 0.25) is 11.9 Å². The smallest absolute Gasteiger partial charge is 0.315 e. The number of hydrogen-bond donors (Lipinski definition) is 4. The van der Waals surface area contributed by atoms with E-state index < -0.39 is 27.7 Å². The van der Waals surface area contributed by atoms with Gasteiger partial charge in [-0.15, -0.1) is 0 Å². The zero-order valence-corrected chi connectivity index (χ0v) is 38.3. The van der Waals surface area contributed by atoms with Crippen molar-refractivity contribution in [3.05, 3.63) is 166 Å². The number of rotatable bonds is 16. The minimum atomic E-state index is -4.09. The molecule has 5 N–H and O–H groups in total. The van der Waals surface area contributed by atoms with Crippen LogP contribution in [0.1, 0.15) is 71.2 Å². The summed E-state index contributed by atoms with van der Waals surface area (Å²) in [5.41, 5.74) is 12.9. The number of amides is 3. The van der Waals surface area contributed by atoms with Crippen LogP contribution in [-0.2, 0) is 47.3 Å². The lowest BCUT2D eigenvalue weighted by atomic mass is 9.91. The molecule has 5 aromatic carbocycles. The second-order valence-corrected chi connectivity index (χ2v) is 19.2. The van der Waals surface area contributed by atoms with Crippen molar-refractivity contribution in [1.82, 2.24) is 25.2 Å². The molecule has 0 radical (unpaired) electrons. The van der Waals surface area contributed by atoms with Gasteiger partial charge in [0.05, 0.1) is 17.0 Å². The van der Waals surface area contributed by atoms with Crippen LogP contribution in [-0.4, -0.2) is 72.9 Å². The van der Waals surface area contributed by atoms with Crippen LogP contribution in [0.5, 0.6) is 5.75 Å². The van der Waals surface area contributed by atoms with Crippen LogP contribution in [0, 0.1) is 20.8 Å². The topological polar surface area (TPSA) is 158 Å². The number of piperazine rings is 1. The maximum Gasteiger partial charge on any atom is 0.315 e. The lowest BCUT2D eigenvalue weighted by Gasteiger charge is -2.49. The van der Waals surface area contributed by atoms with Crippen LogP contribution in [0.25, 0.3) is 0 Å². The summed E-state index contributed by atoms with van der Waals surface area (Å²) in [6, 6.07) is 38.3. The van der Waals surface area contributed by atoms with Gasteiger partial charge in [-0.1, -0.05) is 121 Å². The first-order valence-electron chi connectivity index (χ1n) is 22.1. The second kappa shape index (κ2) is 20.1. The number of nitrogens with zero attached hydrogens (tertiary/aromatic N) is 3. The van der Waals surface area contributed by atoms with Crippen LogP contribution in [0.2, 0.25) is 0 Å². The molecule has 12 nitrogen and oxygen atoms in total. The number of urea groups is 1. The Morgan fingerprint density at radius 3 is 1.98 bits per heavy atom. The molecule has 0 saturated carbocycles. The monoisotopic (exact) mass is 883 g/mol.